The highest BCUT2D eigenvalue weighted by atomic mass is 16.5. The molecule has 0 aromatic carbocycles. The van der Waals surface area contributed by atoms with E-state index in [1.165, 1.54) is 0 Å². The first-order chi connectivity index (χ1) is 7.74. The standard InChI is InChI=1S/C12H26N2O2/c1-11(2)14-6-8-16-12(10-14)9-13-5-4-7-15-3/h11-13H,4-10H2,1-3H3. The molecule has 4 heteroatoms. The van der Waals surface area contributed by atoms with Gasteiger partial charge in [0.1, 0.15) is 0 Å². The van der Waals surface area contributed by atoms with E-state index in [0.717, 1.165) is 45.8 Å². The third kappa shape index (κ3) is 5.25. The first-order valence-electron chi connectivity index (χ1n) is 6.29. The van der Waals surface area contributed by atoms with Gasteiger partial charge in [0, 0.05) is 39.4 Å². The number of morpholine rings is 1. The van der Waals surface area contributed by atoms with E-state index in [1.54, 1.807) is 7.11 Å². The molecule has 0 amide bonds. The Morgan fingerprint density at radius 3 is 3.00 bits per heavy atom. The molecule has 0 aromatic heterocycles. The number of nitrogens with one attached hydrogen (secondary N) is 1. The number of ether oxygens (including phenoxy) is 2. The van der Waals surface area contributed by atoms with Gasteiger partial charge in [0.15, 0.2) is 0 Å². The molecule has 1 N–H and O–H groups in total. The van der Waals surface area contributed by atoms with Gasteiger partial charge in [-0.1, -0.05) is 0 Å². The Morgan fingerprint density at radius 2 is 2.31 bits per heavy atom. The molecule has 16 heavy (non-hydrogen) atoms. The van der Waals surface area contributed by atoms with Crippen LogP contribution in [-0.2, 0) is 9.47 Å². The Kier molecular flexibility index (Phi) is 6.96. The van der Waals surface area contributed by atoms with E-state index < -0.39 is 0 Å². The zero-order valence-electron chi connectivity index (χ0n) is 10.9. The molecule has 0 spiro atoms. The molecule has 4 nitrogen and oxygen atoms in total. The highest BCUT2D eigenvalue weighted by molar-refractivity contribution is 4.75. The molecule has 0 bridgehead atoms. The lowest BCUT2D eigenvalue weighted by molar-refractivity contribution is -0.0371. The van der Waals surface area contributed by atoms with Crippen LogP contribution in [0.3, 0.4) is 0 Å². The summed E-state index contributed by atoms with van der Waals surface area (Å²) in [7, 11) is 1.74. The number of nitrogens with zero attached hydrogens (tertiary/aromatic N) is 1. The highest BCUT2D eigenvalue weighted by Crippen LogP contribution is 2.07. The van der Waals surface area contributed by atoms with Crippen molar-refractivity contribution in [1.82, 2.24) is 10.2 Å². The summed E-state index contributed by atoms with van der Waals surface area (Å²) in [6.07, 6.45) is 1.41. The second kappa shape index (κ2) is 8.01. The molecule has 1 saturated heterocycles. The Labute approximate surface area is 99.3 Å². The summed E-state index contributed by atoms with van der Waals surface area (Å²) in [6.45, 7) is 10.3. The smallest absolute Gasteiger partial charge is 0.0826 e. The molecule has 1 aliphatic heterocycles. The van der Waals surface area contributed by atoms with E-state index in [9.17, 15) is 0 Å². The van der Waals surface area contributed by atoms with Gasteiger partial charge in [-0.15, -0.1) is 0 Å². The lowest BCUT2D eigenvalue weighted by Gasteiger charge is -2.35. The van der Waals surface area contributed by atoms with Crippen LogP contribution in [0, 0.1) is 0 Å². The maximum Gasteiger partial charge on any atom is 0.0826 e. The summed E-state index contributed by atoms with van der Waals surface area (Å²) in [5.74, 6) is 0. The molecular weight excluding hydrogens is 204 g/mol. The first kappa shape index (κ1) is 13.9. The summed E-state index contributed by atoms with van der Waals surface area (Å²) in [5.41, 5.74) is 0. The van der Waals surface area contributed by atoms with Gasteiger partial charge in [0.05, 0.1) is 12.7 Å². The van der Waals surface area contributed by atoms with Crippen LogP contribution in [0.2, 0.25) is 0 Å². The molecule has 1 aliphatic rings. The average molecular weight is 230 g/mol. The molecule has 1 unspecified atom stereocenters. The maximum absolute atomic E-state index is 5.73. The summed E-state index contributed by atoms with van der Waals surface area (Å²) in [4.78, 5) is 2.48. The lowest BCUT2D eigenvalue weighted by atomic mass is 10.2. The number of hydrogen-bond acceptors (Lipinski definition) is 4. The molecule has 0 aliphatic carbocycles. The van der Waals surface area contributed by atoms with Crippen molar-refractivity contribution in [2.75, 3.05) is 46.5 Å². The highest BCUT2D eigenvalue weighted by Gasteiger charge is 2.21. The van der Waals surface area contributed by atoms with E-state index in [1.807, 2.05) is 0 Å². The third-order valence-electron chi connectivity index (χ3n) is 2.97. The van der Waals surface area contributed by atoms with Crippen molar-refractivity contribution in [2.45, 2.75) is 32.4 Å². The number of rotatable bonds is 7. The minimum absolute atomic E-state index is 0.346. The predicted molar refractivity (Wildman–Crippen MR) is 65.8 cm³/mol. The molecule has 0 radical (unpaired) electrons. The zero-order chi connectivity index (χ0) is 11.8. The second-order valence-corrected chi connectivity index (χ2v) is 4.63. The van der Waals surface area contributed by atoms with Gasteiger partial charge in [-0.3, -0.25) is 4.90 Å². The van der Waals surface area contributed by atoms with Gasteiger partial charge in [0.25, 0.3) is 0 Å². The van der Waals surface area contributed by atoms with Crippen LogP contribution >= 0.6 is 0 Å². The van der Waals surface area contributed by atoms with Crippen LogP contribution in [-0.4, -0.2) is 63.5 Å². The van der Waals surface area contributed by atoms with E-state index in [-0.39, 0.29) is 0 Å². The van der Waals surface area contributed by atoms with Crippen LogP contribution in [0.25, 0.3) is 0 Å². The zero-order valence-corrected chi connectivity index (χ0v) is 10.9. The Balaban J connectivity index is 2.07. The number of methoxy groups -OCH3 is 1. The minimum Gasteiger partial charge on any atom is -0.385 e. The molecular formula is C12H26N2O2. The fraction of sp³-hybridized carbons (Fsp3) is 1.00. The minimum atomic E-state index is 0.346. The van der Waals surface area contributed by atoms with Crippen molar-refractivity contribution in [1.29, 1.82) is 0 Å². The van der Waals surface area contributed by atoms with E-state index >= 15 is 0 Å². The van der Waals surface area contributed by atoms with Gasteiger partial charge in [0.2, 0.25) is 0 Å². The van der Waals surface area contributed by atoms with Crippen molar-refractivity contribution in [3.63, 3.8) is 0 Å². The van der Waals surface area contributed by atoms with Crippen LogP contribution < -0.4 is 5.32 Å². The molecule has 1 atom stereocenters. The largest absolute Gasteiger partial charge is 0.385 e. The lowest BCUT2D eigenvalue weighted by Crippen LogP contribution is -2.49. The van der Waals surface area contributed by atoms with Crippen LogP contribution in [0.1, 0.15) is 20.3 Å². The summed E-state index contributed by atoms with van der Waals surface area (Å²) in [6, 6.07) is 0.625. The molecule has 96 valence electrons. The van der Waals surface area contributed by atoms with Gasteiger partial charge in [-0.2, -0.15) is 0 Å². The van der Waals surface area contributed by atoms with E-state index in [2.05, 4.69) is 24.1 Å². The van der Waals surface area contributed by atoms with Crippen molar-refractivity contribution < 1.29 is 9.47 Å². The van der Waals surface area contributed by atoms with Crippen LogP contribution in [0.5, 0.6) is 0 Å². The maximum atomic E-state index is 5.73. The van der Waals surface area contributed by atoms with E-state index in [4.69, 9.17) is 9.47 Å². The second-order valence-electron chi connectivity index (χ2n) is 4.63. The summed E-state index contributed by atoms with van der Waals surface area (Å²) >= 11 is 0. The predicted octanol–water partition coefficient (Wildman–Crippen LogP) is 0.722. The molecule has 0 saturated carbocycles. The normalized spacial score (nSPS) is 22.9. The molecule has 1 rings (SSSR count). The van der Waals surface area contributed by atoms with Crippen molar-refractivity contribution >= 4 is 0 Å². The van der Waals surface area contributed by atoms with Crippen molar-refractivity contribution in [3.05, 3.63) is 0 Å². The molecule has 0 aromatic rings. The van der Waals surface area contributed by atoms with Gasteiger partial charge in [-0.05, 0) is 26.8 Å². The fourth-order valence-electron chi connectivity index (χ4n) is 1.94. The molecule has 1 fully saturated rings. The first-order valence-corrected chi connectivity index (χ1v) is 6.29. The SMILES string of the molecule is COCCCNCC1CN(C(C)C)CCO1. The van der Waals surface area contributed by atoms with Crippen molar-refractivity contribution in [2.24, 2.45) is 0 Å². The average Bonchev–Trinajstić information content (AvgIpc) is 2.29. The van der Waals surface area contributed by atoms with Gasteiger partial charge < -0.3 is 14.8 Å². The monoisotopic (exact) mass is 230 g/mol. The van der Waals surface area contributed by atoms with Gasteiger partial charge >= 0.3 is 0 Å². The topological polar surface area (TPSA) is 33.7 Å². The number of hydrogen-bond donors (Lipinski definition) is 1. The Bertz CT molecular complexity index is 176. The van der Waals surface area contributed by atoms with Crippen LogP contribution in [0.4, 0.5) is 0 Å². The van der Waals surface area contributed by atoms with E-state index in [0.29, 0.717) is 12.1 Å². The summed E-state index contributed by atoms with van der Waals surface area (Å²) < 4.78 is 10.7. The molecule has 1 heterocycles. The van der Waals surface area contributed by atoms with Gasteiger partial charge in [-0.25, -0.2) is 0 Å². The Morgan fingerprint density at radius 1 is 1.50 bits per heavy atom. The third-order valence-corrected chi connectivity index (χ3v) is 2.97. The fourth-order valence-corrected chi connectivity index (χ4v) is 1.94. The van der Waals surface area contributed by atoms with Crippen molar-refractivity contribution in [3.8, 4) is 0 Å². The summed E-state index contributed by atoms with van der Waals surface area (Å²) in [5, 5.41) is 3.42. The van der Waals surface area contributed by atoms with Crippen LogP contribution in [0.15, 0.2) is 0 Å². The quantitative estimate of drug-likeness (QED) is 0.654. The Hall–Kier alpha value is -0.160.